The van der Waals surface area contributed by atoms with Crippen LogP contribution in [0.3, 0.4) is 0 Å². The van der Waals surface area contributed by atoms with Crippen LogP contribution in [-0.4, -0.2) is 56.2 Å². The third-order valence-corrected chi connectivity index (χ3v) is 6.51. The van der Waals surface area contributed by atoms with E-state index in [1.807, 2.05) is 18.2 Å². The van der Waals surface area contributed by atoms with Gasteiger partial charge in [-0.3, -0.25) is 9.59 Å². The highest BCUT2D eigenvalue weighted by molar-refractivity contribution is 5.98. The van der Waals surface area contributed by atoms with Crippen LogP contribution in [0.2, 0.25) is 0 Å². The van der Waals surface area contributed by atoms with Crippen molar-refractivity contribution in [3.05, 3.63) is 65.2 Å². The average Bonchev–Trinajstić information content (AvgIpc) is 2.87. The lowest BCUT2D eigenvalue weighted by Crippen LogP contribution is -2.57. The first-order valence-electron chi connectivity index (χ1n) is 11.9. The van der Waals surface area contributed by atoms with E-state index >= 15 is 0 Å². The number of hydrogen-bond acceptors (Lipinski definition) is 5. The fourth-order valence-electron chi connectivity index (χ4n) is 4.69. The standard InChI is InChI=1S/C27H31FN2O5/c1-33-23-12-11-18(15-24(23)34-2)13-14-29-26(31)17-30-21-9-5-6-10-22(21)35-25(27(30)32)16-19-7-3-4-8-20(19)28/h3-4,7-8,11-12,15-16,21-22H,5-6,9-10,13-14,17H2,1-2H3,(H,29,31)/b25-16-. The van der Waals surface area contributed by atoms with Crippen molar-refractivity contribution in [3.63, 3.8) is 0 Å². The summed E-state index contributed by atoms with van der Waals surface area (Å²) >= 11 is 0. The smallest absolute Gasteiger partial charge is 0.289 e. The molecule has 1 N–H and O–H groups in total. The number of fused-ring (bicyclic) bond motifs is 1. The summed E-state index contributed by atoms with van der Waals surface area (Å²) in [7, 11) is 3.16. The Morgan fingerprint density at radius 3 is 2.69 bits per heavy atom. The highest BCUT2D eigenvalue weighted by atomic mass is 19.1. The van der Waals surface area contributed by atoms with Gasteiger partial charge in [0.2, 0.25) is 5.91 Å². The molecule has 0 spiro atoms. The lowest BCUT2D eigenvalue weighted by atomic mass is 9.89. The second-order valence-electron chi connectivity index (χ2n) is 8.76. The van der Waals surface area contributed by atoms with E-state index in [0.29, 0.717) is 24.5 Å². The number of carbonyl (C=O) groups excluding carboxylic acids is 2. The van der Waals surface area contributed by atoms with Gasteiger partial charge in [0.15, 0.2) is 17.3 Å². The van der Waals surface area contributed by atoms with Crippen molar-refractivity contribution in [1.82, 2.24) is 10.2 Å². The van der Waals surface area contributed by atoms with E-state index in [1.165, 1.54) is 12.1 Å². The van der Waals surface area contributed by atoms with E-state index in [4.69, 9.17) is 14.2 Å². The molecule has 7 nitrogen and oxygen atoms in total. The van der Waals surface area contributed by atoms with Crippen LogP contribution in [0.4, 0.5) is 4.39 Å². The number of hydrogen-bond donors (Lipinski definition) is 1. The Bertz CT molecular complexity index is 1100. The third kappa shape index (κ3) is 5.75. The Labute approximate surface area is 204 Å². The molecule has 1 heterocycles. The molecule has 0 radical (unpaired) electrons. The van der Waals surface area contributed by atoms with Crippen molar-refractivity contribution in [2.75, 3.05) is 27.3 Å². The Hall–Kier alpha value is -3.55. The van der Waals surface area contributed by atoms with Gasteiger partial charge in [-0.2, -0.15) is 0 Å². The summed E-state index contributed by atoms with van der Waals surface area (Å²) in [4.78, 5) is 27.6. The predicted molar refractivity (Wildman–Crippen MR) is 129 cm³/mol. The Morgan fingerprint density at radius 1 is 1.14 bits per heavy atom. The molecule has 2 amide bonds. The molecule has 0 aromatic heterocycles. The zero-order valence-electron chi connectivity index (χ0n) is 20.1. The number of nitrogens with one attached hydrogen (secondary N) is 1. The van der Waals surface area contributed by atoms with Crippen molar-refractivity contribution < 1.29 is 28.2 Å². The van der Waals surface area contributed by atoms with E-state index in [-0.39, 0.29) is 41.8 Å². The molecule has 0 bridgehead atoms. The van der Waals surface area contributed by atoms with Gasteiger partial charge >= 0.3 is 0 Å². The van der Waals surface area contributed by atoms with E-state index in [9.17, 15) is 14.0 Å². The molecular weight excluding hydrogens is 451 g/mol. The van der Waals surface area contributed by atoms with Crippen LogP contribution < -0.4 is 14.8 Å². The van der Waals surface area contributed by atoms with E-state index in [1.54, 1.807) is 37.3 Å². The maximum absolute atomic E-state index is 14.2. The maximum atomic E-state index is 14.2. The van der Waals surface area contributed by atoms with Crippen molar-refractivity contribution in [1.29, 1.82) is 0 Å². The molecule has 2 aliphatic rings. The first-order chi connectivity index (χ1) is 17.0. The number of ether oxygens (including phenoxy) is 3. The van der Waals surface area contributed by atoms with E-state index in [2.05, 4.69) is 5.32 Å². The summed E-state index contributed by atoms with van der Waals surface area (Å²) in [5.74, 6) is 0.305. The van der Waals surface area contributed by atoms with Gasteiger partial charge in [-0.25, -0.2) is 4.39 Å². The van der Waals surface area contributed by atoms with Crippen LogP contribution >= 0.6 is 0 Å². The Balaban J connectivity index is 1.42. The van der Waals surface area contributed by atoms with Gasteiger partial charge in [0.05, 0.1) is 20.3 Å². The van der Waals surface area contributed by atoms with Crippen LogP contribution in [0.5, 0.6) is 11.5 Å². The number of amides is 2. The number of carbonyl (C=O) groups is 2. The number of nitrogens with zero attached hydrogens (tertiary/aromatic N) is 1. The monoisotopic (exact) mass is 482 g/mol. The van der Waals surface area contributed by atoms with Gasteiger partial charge < -0.3 is 24.4 Å². The van der Waals surface area contributed by atoms with Crippen LogP contribution in [-0.2, 0) is 20.7 Å². The molecule has 1 saturated heterocycles. The summed E-state index contributed by atoms with van der Waals surface area (Å²) in [5, 5.41) is 2.91. The number of benzene rings is 2. The van der Waals surface area contributed by atoms with Gasteiger partial charge in [-0.1, -0.05) is 30.7 Å². The van der Waals surface area contributed by atoms with Gasteiger partial charge in [0.1, 0.15) is 18.5 Å². The van der Waals surface area contributed by atoms with E-state index in [0.717, 1.165) is 31.2 Å². The summed E-state index contributed by atoms with van der Waals surface area (Å²) in [6.07, 6.45) is 5.39. The molecular formula is C27H31FN2O5. The molecule has 2 aromatic rings. The molecule has 4 rings (SSSR count). The van der Waals surface area contributed by atoms with Crippen molar-refractivity contribution >= 4 is 17.9 Å². The highest BCUT2D eigenvalue weighted by Crippen LogP contribution is 2.33. The zero-order chi connectivity index (χ0) is 24.8. The lowest BCUT2D eigenvalue weighted by Gasteiger charge is -2.44. The maximum Gasteiger partial charge on any atom is 0.289 e. The second-order valence-corrected chi connectivity index (χ2v) is 8.76. The Kier molecular flexibility index (Phi) is 7.90. The molecule has 1 aliphatic heterocycles. The second kappa shape index (κ2) is 11.3. The predicted octanol–water partition coefficient (Wildman–Crippen LogP) is 3.71. The molecule has 2 aromatic carbocycles. The SMILES string of the molecule is COc1ccc(CCNC(=O)CN2C(=O)/C(=C/c3ccccc3F)OC3CCCCC32)cc1OC. The largest absolute Gasteiger partial charge is 0.493 e. The van der Waals surface area contributed by atoms with Gasteiger partial charge in [-0.15, -0.1) is 0 Å². The van der Waals surface area contributed by atoms with Crippen molar-refractivity contribution in [2.24, 2.45) is 0 Å². The van der Waals surface area contributed by atoms with Crippen molar-refractivity contribution in [3.8, 4) is 11.5 Å². The fourth-order valence-corrected chi connectivity index (χ4v) is 4.69. The van der Waals surface area contributed by atoms with Crippen LogP contribution in [0.15, 0.2) is 48.2 Å². The quantitative estimate of drug-likeness (QED) is 0.581. The molecule has 35 heavy (non-hydrogen) atoms. The first kappa shape index (κ1) is 24.6. The molecule has 1 saturated carbocycles. The summed E-state index contributed by atoms with van der Waals surface area (Å²) < 4.78 is 30.8. The molecule has 2 atom stereocenters. The number of methoxy groups -OCH3 is 2. The highest BCUT2D eigenvalue weighted by Gasteiger charge is 2.42. The number of morpholine rings is 1. The van der Waals surface area contributed by atoms with Crippen LogP contribution in [0.25, 0.3) is 6.08 Å². The number of halogens is 1. The van der Waals surface area contributed by atoms with Crippen LogP contribution in [0, 0.1) is 5.82 Å². The molecule has 1 aliphatic carbocycles. The average molecular weight is 483 g/mol. The van der Waals surface area contributed by atoms with E-state index < -0.39 is 5.82 Å². The van der Waals surface area contributed by atoms with Gasteiger partial charge in [0, 0.05) is 12.1 Å². The molecule has 186 valence electrons. The summed E-state index contributed by atoms with van der Waals surface area (Å²) in [6.45, 7) is 0.350. The molecule has 2 unspecified atom stereocenters. The third-order valence-electron chi connectivity index (χ3n) is 6.51. The van der Waals surface area contributed by atoms with Gasteiger partial charge in [0.25, 0.3) is 5.91 Å². The fraction of sp³-hybridized carbons (Fsp3) is 0.407. The van der Waals surface area contributed by atoms with Crippen LogP contribution in [0.1, 0.15) is 36.8 Å². The summed E-state index contributed by atoms with van der Waals surface area (Å²) in [6, 6.07) is 11.7. The molecule has 2 fully saturated rings. The van der Waals surface area contributed by atoms with Gasteiger partial charge in [-0.05, 0) is 55.5 Å². The topological polar surface area (TPSA) is 77.1 Å². The van der Waals surface area contributed by atoms with Crippen molar-refractivity contribution in [2.45, 2.75) is 44.2 Å². The minimum Gasteiger partial charge on any atom is -0.493 e. The first-order valence-corrected chi connectivity index (χ1v) is 11.9. The molecule has 8 heteroatoms. The minimum absolute atomic E-state index is 0.0656. The minimum atomic E-state index is -0.429. The zero-order valence-corrected chi connectivity index (χ0v) is 20.1. The number of rotatable bonds is 8. The normalized spacial score (nSPS) is 20.7. The Morgan fingerprint density at radius 2 is 1.91 bits per heavy atom. The summed E-state index contributed by atoms with van der Waals surface area (Å²) in [5.41, 5.74) is 1.28. The lowest BCUT2D eigenvalue weighted by molar-refractivity contribution is -0.151.